The van der Waals surface area contributed by atoms with Gasteiger partial charge in [-0.1, -0.05) is 56.3 Å². The smallest absolute Gasteiger partial charge is 0.251 e. The number of fused-ring (bicyclic) bond motifs is 2. The van der Waals surface area contributed by atoms with Gasteiger partial charge in [-0.15, -0.1) is 0 Å². The number of quaternary nitrogens is 1. The number of benzene rings is 3. The molecule has 1 unspecified atom stereocenters. The predicted molar refractivity (Wildman–Crippen MR) is 149 cm³/mol. The van der Waals surface area contributed by atoms with Gasteiger partial charge >= 0.3 is 0 Å². The third kappa shape index (κ3) is 4.75. The van der Waals surface area contributed by atoms with E-state index in [9.17, 15) is 9.90 Å². The van der Waals surface area contributed by atoms with E-state index < -0.39 is 0 Å². The number of phenols is 1. The molecular formula is C32H41N2O3+. The molecule has 5 nitrogen and oxygen atoms in total. The lowest BCUT2D eigenvalue weighted by atomic mass is 9.54. The van der Waals surface area contributed by atoms with Gasteiger partial charge < -0.3 is 19.6 Å². The fourth-order valence-electron chi connectivity index (χ4n) is 7.52. The molecule has 2 fully saturated rings. The SMILES string of the molecule is COC12CC[C@@H](NC(=O)c3ccc4ccccc4c3)C[C@@]1(c1cccc(O)c1)CC[N@@+](C)(CC(C)C)C2. The number of hydrogen-bond acceptors (Lipinski definition) is 3. The molecule has 1 saturated heterocycles. The molecule has 2 N–H and O–H groups in total. The van der Waals surface area contributed by atoms with E-state index in [-0.39, 0.29) is 28.7 Å². The van der Waals surface area contributed by atoms with Crippen LogP contribution in [0.5, 0.6) is 5.75 Å². The van der Waals surface area contributed by atoms with Crippen molar-refractivity contribution >= 4 is 16.7 Å². The Bertz CT molecular complexity index is 1290. The summed E-state index contributed by atoms with van der Waals surface area (Å²) in [4.78, 5) is 13.4. The highest BCUT2D eigenvalue weighted by molar-refractivity contribution is 5.98. The molecule has 1 aliphatic heterocycles. The second-order valence-corrected chi connectivity index (χ2v) is 12.1. The summed E-state index contributed by atoms with van der Waals surface area (Å²) in [6.45, 7) is 7.68. The maximum atomic E-state index is 13.4. The van der Waals surface area contributed by atoms with Gasteiger partial charge in [-0.3, -0.25) is 4.79 Å². The van der Waals surface area contributed by atoms with Gasteiger partial charge in [0.15, 0.2) is 0 Å². The largest absolute Gasteiger partial charge is 0.508 e. The molecule has 2 aliphatic rings. The van der Waals surface area contributed by atoms with E-state index in [0.717, 1.165) is 66.1 Å². The fraction of sp³-hybridized carbons (Fsp3) is 0.469. The zero-order valence-corrected chi connectivity index (χ0v) is 22.7. The fourth-order valence-corrected chi connectivity index (χ4v) is 7.52. The number of nitrogens with one attached hydrogen (secondary N) is 1. The minimum atomic E-state index is -0.354. The standard InChI is InChI=1S/C32H40N2O3/c1-23(2)21-34(3)17-16-31(27-10-7-11-29(35)19-27)20-28(14-15-32(31,22-34)37-4)33-30(36)26-13-12-24-8-5-6-9-25(24)18-26/h5-13,18-19,23,28H,14-17,20-22H2,1-4H3,(H-,33,35,36)/p+1/t28-,31-,32?,34+/m1/s1. The molecule has 4 atom stereocenters. The Labute approximate surface area is 221 Å². The Kier molecular flexibility index (Phi) is 6.80. The van der Waals surface area contributed by atoms with Crippen molar-refractivity contribution in [2.45, 2.75) is 56.6 Å². The maximum absolute atomic E-state index is 13.4. The van der Waals surface area contributed by atoms with Crippen molar-refractivity contribution in [1.29, 1.82) is 0 Å². The van der Waals surface area contributed by atoms with E-state index in [1.165, 1.54) is 0 Å². The lowest BCUT2D eigenvalue weighted by Crippen LogP contribution is -2.72. The molecular weight excluding hydrogens is 460 g/mol. The Balaban J connectivity index is 1.46. The highest BCUT2D eigenvalue weighted by Crippen LogP contribution is 2.55. The third-order valence-electron chi connectivity index (χ3n) is 9.02. The molecule has 5 rings (SSSR count). The molecule has 3 aromatic carbocycles. The van der Waals surface area contributed by atoms with Gasteiger partial charge in [0.1, 0.15) is 17.9 Å². The van der Waals surface area contributed by atoms with Crippen LogP contribution in [0.25, 0.3) is 10.8 Å². The number of aromatic hydroxyl groups is 1. The minimum Gasteiger partial charge on any atom is -0.508 e. The van der Waals surface area contributed by atoms with Crippen LogP contribution in [-0.4, -0.2) is 60.9 Å². The Morgan fingerprint density at radius 1 is 1.08 bits per heavy atom. The lowest BCUT2D eigenvalue weighted by Gasteiger charge is -2.61. The Morgan fingerprint density at radius 3 is 2.59 bits per heavy atom. The lowest BCUT2D eigenvalue weighted by molar-refractivity contribution is -0.926. The predicted octanol–water partition coefficient (Wildman–Crippen LogP) is 5.66. The van der Waals surface area contributed by atoms with Crippen LogP contribution in [0.4, 0.5) is 0 Å². The van der Waals surface area contributed by atoms with Crippen molar-refractivity contribution in [3.63, 3.8) is 0 Å². The number of carbonyl (C=O) groups excluding carboxylic acids is 1. The van der Waals surface area contributed by atoms with E-state index in [1.807, 2.05) is 55.6 Å². The average Bonchev–Trinajstić information content (AvgIpc) is 2.88. The van der Waals surface area contributed by atoms with Gasteiger partial charge in [0.25, 0.3) is 5.91 Å². The summed E-state index contributed by atoms with van der Waals surface area (Å²) in [6.07, 6.45) is 3.49. The number of amides is 1. The summed E-state index contributed by atoms with van der Waals surface area (Å²) in [5.41, 5.74) is 1.18. The highest BCUT2D eigenvalue weighted by atomic mass is 16.5. The molecule has 1 heterocycles. The summed E-state index contributed by atoms with van der Waals surface area (Å²) in [7, 11) is 4.22. The number of likely N-dealkylation sites (N-methyl/N-ethyl adjacent to an activating group) is 1. The Morgan fingerprint density at radius 2 is 1.86 bits per heavy atom. The van der Waals surface area contributed by atoms with Crippen LogP contribution >= 0.6 is 0 Å². The number of ether oxygens (including phenoxy) is 1. The summed E-state index contributed by atoms with van der Waals surface area (Å²) in [5, 5.41) is 16.0. The van der Waals surface area contributed by atoms with Crippen molar-refractivity contribution in [2.24, 2.45) is 5.92 Å². The first kappa shape index (κ1) is 25.7. The molecule has 0 bridgehead atoms. The van der Waals surface area contributed by atoms with Crippen LogP contribution in [0.3, 0.4) is 0 Å². The number of carbonyl (C=O) groups is 1. The van der Waals surface area contributed by atoms with E-state index >= 15 is 0 Å². The van der Waals surface area contributed by atoms with Gasteiger partial charge in [-0.05, 0) is 59.9 Å². The van der Waals surface area contributed by atoms with Gasteiger partial charge in [-0.25, -0.2) is 0 Å². The van der Waals surface area contributed by atoms with Crippen molar-refractivity contribution < 1.29 is 19.1 Å². The average molecular weight is 502 g/mol. The number of piperidine rings is 1. The maximum Gasteiger partial charge on any atom is 0.251 e. The number of rotatable bonds is 6. The second-order valence-electron chi connectivity index (χ2n) is 12.1. The van der Waals surface area contributed by atoms with Gasteiger partial charge in [0.05, 0.1) is 20.1 Å². The van der Waals surface area contributed by atoms with Crippen LogP contribution in [0.1, 0.15) is 55.5 Å². The first-order valence-corrected chi connectivity index (χ1v) is 13.7. The molecule has 1 saturated carbocycles. The van der Waals surface area contributed by atoms with Crippen molar-refractivity contribution in [3.05, 3.63) is 77.9 Å². The molecule has 37 heavy (non-hydrogen) atoms. The molecule has 5 heteroatoms. The van der Waals surface area contributed by atoms with Gasteiger partial charge in [-0.2, -0.15) is 0 Å². The van der Waals surface area contributed by atoms with E-state index in [1.54, 1.807) is 6.07 Å². The molecule has 1 aliphatic carbocycles. The van der Waals surface area contributed by atoms with Crippen LogP contribution in [0, 0.1) is 5.92 Å². The van der Waals surface area contributed by atoms with Crippen LogP contribution in [-0.2, 0) is 10.2 Å². The number of nitrogens with zero attached hydrogens (tertiary/aromatic N) is 1. The zero-order chi connectivity index (χ0) is 26.3. The summed E-state index contributed by atoms with van der Waals surface area (Å²) >= 11 is 0. The highest BCUT2D eigenvalue weighted by Gasteiger charge is 2.62. The quantitative estimate of drug-likeness (QED) is 0.429. The van der Waals surface area contributed by atoms with E-state index in [2.05, 4.69) is 38.3 Å². The number of likely N-dealkylation sites (tertiary alicyclic amines) is 1. The minimum absolute atomic E-state index is 0.0250. The molecule has 0 spiro atoms. The van der Waals surface area contributed by atoms with Gasteiger partial charge in [0.2, 0.25) is 0 Å². The normalized spacial score (nSPS) is 29.7. The van der Waals surface area contributed by atoms with Crippen LogP contribution < -0.4 is 5.32 Å². The topological polar surface area (TPSA) is 58.6 Å². The molecule has 196 valence electrons. The van der Waals surface area contributed by atoms with Crippen molar-refractivity contribution in [2.75, 3.05) is 33.8 Å². The first-order valence-electron chi connectivity index (χ1n) is 13.7. The summed E-state index contributed by atoms with van der Waals surface area (Å²) in [5.74, 6) is 0.858. The zero-order valence-electron chi connectivity index (χ0n) is 22.7. The molecule has 0 aromatic heterocycles. The number of hydrogen-bond donors (Lipinski definition) is 2. The van der Waals surface area contributed by atoms with Crippen molar-refractivity contribution in [1.82, 2.24) is 5.32 Å². The van der Waals surface area contributed by atoms with Gasteiger partial charge in [0, 0.05) is 36.5 Å². The van der Waals surface area contributed by atoms with Crippen LogP contribution in [0.15, 0.2) is 66.7 Å². The summed E-state index contributed by atoms with van der Waals surface area (Å²) < 4.78 is 7.52. The molecule has 3 aromatic rings. The van der Waals surface area contributed by atoms with Crippen LogP contribution in [0.2, 0.25) is 0 Å². The van der Waals surface area contributed by atoms with Crippen molar-refractivity contribution in [3.8, 4) is 5.75 Å². The Hall–Kier alpha value is -2.89. The summed E-state index contributed by atoms with van der Waals surface area (Å²) in [6, 6.07) is 21.8. The van der Waals surface area contributed by atoms with E-state index in [4.69, 9.17) is 4.74 Å². The third-order valence-corrected chi connectivity index (χ3v) is 9.02. The second kappa shape index (κ2) is 9.77. The number of methoxy groups -OCH3 is 1. The first-order chi connectivity index (χ1) is 17.7. The molecule has 0 radical (unpaired) electrons. The molecule has 1 amide bonds. The monoisotopic (exact) mass is 501 g/mol. The number of phenolic OH excluding ortho intramolecular Hbond substituents is 1. The van der Waals surface area contributed by atoms with E-state index in [0.29, 0.717) is 11.5 Å².